The van der Waals surface area contributed by atoms with Crippen molar-refractivity contribution >= 4 is 52.2 Å². The van der Waals surface area contributed by atoms with Gasteiger partial charge in [0.1, 0.15) is 4.88 Å². The Kier molecular flexibility index (Phi) is 6.21. The number of anilines is 1. The molecule has 0 saturated heterocycles. The molecule has 8 heteroatoms. The topological polar surface area (TPSA) is 68.3 Å². The summed E-state index contributed by atoms with van der Waals surface area (Å²) in [5.41, 5.74) is 1.10. The van der Waals surface area contributed by atoms with Crippen LogP contribution in [0.4, 0.5) is 5.82 Å². The molecule has 0 radical (unpaired) electrons. The lowest BCUT2D eigenvalue weighted by molar-refractivity contribution is -0.123. The van der Waals surface area contributed by atoms with Crippen LogP contribution in [-0.2, 0) is 16.0 Å². The Bertz CT molecular complexity index is 777. The molecule has 0 aliphatic rings. The Labute approximate surface area is 153 Å². The summed E-state index contributed by atoms with van der Waals surface area (Å²) in [6.45, 7) is 5.45. The van der Waals surface area contributed by atoms with Gasteiger partial charge in [0, 0.05) is 11.1 Å². The highest BCUT2D eigenvalue weighted by molar-refractivity contribution is 7.14. The first kappa shape index (κ1) is 18.7. The average Bonchev–Trinajstić information content (AvgIpc) is 2.91. The van der Waals surface area contributed by atoms with Crippen molar-refractivity contribution in [3.63, 3.8) is 0 Å². The Morgan fingerprint density at radius 2 is 2.08 bits per heavy atom. The lowest BCUT2D eigenvalue weighted by Crippen LogP contribution is -2.30. The van der Waals surface area contributed by atoms with E-state index in [4.69, 9.17) is 27.9 Å². The van der Waals surface area contributed by atoms with Gasteiger partial charge < -0.3 is 10.1 Å². The summed E-state index contributed by atoms with van der Waals surface area (Å²) in [5.74, 6) is -0.890. The van der Waals surface area contributed by atoms with Gasteiger partial charge in [-0.3, -0.25) is 4.79 Å². The average molecular weight is 387 g/mol. The third-order valence-electron chi connectivity index (χ3n) is 3.31. The second kappa shape index (κ2) is 7.96. The lowest BCUT2D eigenvalue weighted by atomic mass is 10.2. The molecule has 0 aliphatic carbocycles. The van der Waals surface area contributed by atoms with E-state index in [0.29, 0.717) is 9.90 Å². The SMILES string of the molecule is CCc1cc(C(=O)O[C@@H](C)C(=O)Nc2ncc(Cl)cc2Cl)sc1C. The second-order valence-electron chi connectivity index (χ2n) is 5.07. The van der Waals surface area contributed by atoms with E-state index < -0.39 is 18.0 Å². The number of nitrogens with zero attached hydrogens (tertiary/aromatic N) is 1. The van der Waals surface area contributed by atoms with Crippen molar-refractivity contribution in [2.45, 2.75) is 33.3 Å². The van der Waals surface area contributed by atoms with Crippen LogP contribution < -0.4 is 5.32 Å². The first-order valence-electron chi connectivity index (χ1n) is 7.24. The molecule has 0 bridgehead atoms. The first-order chi connectivity index (χ1) is 11.3. The molecule has 2 aromatic heterocycles. The minimum absolute atomic E-state index is 0.161. The molecule has 24 heavy (non-hydrogen) atoms. The molecule has 1 atom stereocenters. The number of thiophene rings is 1. The van der Waals surface area contributed by atoms with Crippen LogP contribution in [0.3, 0.4) is 0 Å². The normalized spacial score (nSPS) is 11.9. The maximum absolute atomic E-state index is 12.2. The summed E-state index contributed by atoms with van der Waals surface area (Å²) in [6, 6.07) is 3.26. The molecule has 2 heterocycles. The number of halogens is 2. The third-order valence-corrected chi connectivity index (χ3v) is 4.87. The molecule has 1 N–H and O–H groups in total. The zero-order valence-corrected chi connectivity index (χ0v) is 15.7. The van der Waals surface area contributed by atoms with Crippen LogP contribution in [0.15, 0.2) is 18.3 Å². The number of nitrogens with one attached hydrogen (secondary N) is 1. The van der Waals surface area contributed by atoms with E-state index >= 15 is 0 Å². The van der Waals surface area contributed by atoms with E-state index in [1.54, 1.807) is 6.07 Å². The fourth-order valence-corrected chi connectivity index (χ4v) is 3.39. The molecular formula is C16H16Cl2N2O3S. The molecule has 0 spiro atoms. The molecule has 2 rings (SSSR count). The van der Waals surface area contributed by atoms with Gasteiger partial charge in [0.05, 0.1) is 10.0 Å². The van der Waals surface area contributed by atoms with Gasteiger partial charge >= 0.3 is 5.97 Å². The van der Waals surface area contributed by atoms with Gasteiger partial charge in [0.15, 0.2) is 11.9 Å². The molecular weight excluding hydrogens is 371 g/mol. The molecule has 2 aromatic rings. The van der Waals surface area contributed by atoms with E-state index in [1.807, 2.05) is 13.8 Å². The van der Waals surface area contributed by atoms with Crippen LogP contribution in [0.5, 0.6) is 0 Å². The van der Waals surface area contributed by atoms with E-state index in [0.717, 1.165) is 16.9 Å². The summed E-state index contributed by atoms with van der Waals surface area (Å²) in [5, 5.41) is 3.07. The Morgan fingerprint density at radius 1 is 1.38 bits per heavy atom. The Morgan fingerprint density at radius 3 is 2.67 bits per heavy atom. The number of aromatic nitrogens is 1. The van der Waals surface area contributed by atoms with Gasteiger partial charge in [-0.1, -0.05) is 30.1 Å². The van der Waals surface area contributed by atoms with Crippen molar-refractivity contribution in [1.82, 2.24) is 4.98 Å². The third kappa shape index (κ3) is 4.47. The van der Waals surface area contributed by atoms with Crippen LogP contribution in [0.25, 0.3) is 0 Å². The lowest BCUT2D eigenvalue weighted by Gasteiger charge is -2.13. The van der Waals surface area contributed by atoms with Crippen molar-refractivity contribution in [2.24, 2.45) is 0 Å². The minimum atomic E-state index is -0.987. The molecule has 128 valence electrons. The monoisotopic (exact) mass is 386 g/mol. The van der Waals surface area contributed by atoms with Gasteiger partial charge in [-0.2, -0.15) is 0 Å². The van der Waals surface area contributed by atoms with E-state index in [2.05, 4.69) is 10.3 Å². The van der Waals surface area contributed by atoms with Gasteiger partial charge in [-0.05, 0) is 38.0 Å². The highest BCUT2D eigenvalue weighted by atomic mass is 35.5. The fraction of sp³-hybridized carbons (Fsp3) is 0.312. The Hall–Kier alpha value is -1.63. The molecule has 5 nitrogen and oxygen atoms in total. The molecule has 0 aliphatic heterocycles. The van der Waals surface area contributed by atoms with Crippen molar-refractivity contribution in [2.75, 3.05) is 5.32 Å². The molecule has 0 fully saturated rings. The van der Waals surface area contributed by atoms with Gasteiger partial charge in [0.2, 0.25) is 0 Å². The van der Waals surface area contributed by atoms with E-state index in [1.165, 1.54) is 30.5 Å². The number of aryl methyl sites for hydroxylation is 2. The first-order valence-corrected chi connectivity index (χ1v) is 8.81. The van der Waals surface area contributed by atoms with Crippen LogP contribution in [0.1, 0.15) is 34.0 Å². The van der Waals surface area contributed by atoms with Crippen LogP contribution in [-0.4, -0.2) is 23.0 Å². The quantitative estimate of drug-likeness (QED) is 0.767. The number of esters is 1. The zero-order valence-electron chi connectivity index (χ0n) is 13.4. The number of amides is 1. The standard InChI is InChI=1S/C16H16Cl2N2O3S/c1-4-10-5-13(24-9(10)3)16(22)23-8(2)15(21)20-14-12(18)6-11(17)7-19-14/h5-8H,4H2,1-3H3,(H,19,20,21)/t8-/m0/s1. The highest BCUT2D eigenvalue weighted by Crippen LogP contribution is 2.24. The predicted molar refractivity (Wildman–Crippen MR) is 96.2 cm³/mol. The van der Waals surface area contributed by atoms with Crippen LogP contribution in [0.2, 0.25) is 10.0 Å². The van der Waals surface area contributed by atoms with Crippen molar-refractivity contribution in [3.8, 4) is 0 Å². The highest BCUT2D eigenvalue weighted by Gasteiger charge is 2.22. The number of rotatable bonds is 5. The summed E-state index contributed by atoms with van der Waals surface area (Å²) >= 11 is 13.1. The molecule has 1 amide bonds. The number of hydrogen-bond acceptors (Lipinski definition) is 5. The summed E-state index contributed by atoms with van der Waals surface area (Å²) in [6.07, 6.45) is 1.21. The van der Waals surface area contributed by atoms with Crippen LogP contribution in [0, 0.1) is 6.92 Å². The number of ether oxygens (including phenoxy) is 1. The number of hydrogen-bond donors (Lipinski definition) is 1. The summed E-state index contributed by atoms with van der Waals surface area (Å²) in [4.78, 5) is 29.8. The minimum Gasteiger partial charge on any atom is -0.448 e. The van der Waals surface area contributed by atoms with Crippen molar-refractivity contribution < 1.29 is 14.3 Å². The Balaban J connectivity index is 2.01. The zero-order chi connectivity index (χ0) is 17.9. The van der Waals surface area contributed by atoms with Gasteiger partial charge in [0.25, 0.3) is 5.91 Å². The van der Waals surface area contributed by atoms with E-state index in [-0.39, 0.29) is 10.8 Å². The summed E-state index contributed by atoms with van der Waals surface area (Å²) in [7, 11) is 0. The van der Waals surface area contributed by atoms with Crippen molar-refractivity contribution in [1.29, 1.82) is 0 Å². The number of carbonyl (C=O) groups excluding carboxylic acids is 2. The van der Waals surface area contributed by atoms with Gasteiger partial charge in [-0.25, -0.2) is 9.78 Å². The molecule has 0 saturated carbocycles. The fourth-order valence-electron chi connectivity index (χ4n) is 1.97. The van der Waals surface area contributed by atoms with E-state index in [9.17, 15) is 9.59 Å². The smallest absolute Gasteiger partial charge is 0.349 e. The molecule has 0 aromatic carbocycles. The summed E-state index contributed by atoms with van der Waals surface area (Å²) < 4.78 is 5.21. The molecule has 0 unspecified atom stereocenters. The van der Waals surface area contributed by atoms with Crippen molar-refractivity contribution in [3.05, 3.63) is 43.7 Å². The number of carbonyl (C=O) groups is 2. The van der Waals surface area contributed by atoms with Gasteiger partial charge in [-0.15, -0.1) is 11.3 Å². The maximum Gasteiger partial charge on any atom is 0.349 e. The predicted octanol–water partition coefficient (Wildman–Crippen LogP) is 4.50. The number of pyridine rings is 1. The second-order valence-corrected chi connectivity index (χ2v) is 7.17. The maximum atomic E-state index is 12.2. The largest absolute Gasteiger partial charge is 0.448 e. The van der Waals surface area contributed by atoms with Crippen LogP contribution >= 0.6 is 34.5 Å².